The fraction of sp³-hybridized carbons (Fsp3) is 0.143. The third-order valence-corrected chi connectivity index (χ3v) is 6.54. The molecule has 0 fully saturated rings. The highest BCUT2D eigenvalue weighted by Gasteiger charge is 2.25. The number of aryl methyl sites for hydroxylation is 1. The second kappa shape index (κ2) is 6.35. The van der Waals surface area contributed by atoms with Crippen molar-refractivity contribution in [3.8, 4) is 16.8 Å². The van der Waals surface area contributed by atoms with E-state index in [1.54, 1.807) is 0 Å². The van der Waals surface area contributed by atoms with E-state index in [0.29, 0.717) is 5.92 Å². The van der Waals surface area contributed by atoms with Crippen molar-refractivity contribution in [3.05, 3.63) is 102 Å². The van der Waals surface area contributed by atoms with Crippen LogP contribution in [0.1, 0.15) is 30.4 Å². The highest BCUT2D eigenvalue weighted by Crippen LogP contribution is 2.45. The summed E-state index contributed by atoms with van der Waals surface area (Å²) in [5.74, 6) is 0.507. The SMILES string of the molecule is CC1CCc2ccccc2-c2ccc3c4ccccc4n(-c4ccccc4)c3c21. The van der Waals surface area contributed by atoms with Gasteiger partial charge in [-0.15, -0.1) is 0 Å². The van der Waals surface area contributed by atoms with Crippen LogP contribution in [-0.4, -0.2) is 4.57 Å². The van der Waals surface area contributed by atoms with Gasteiger partial charge < -0.3 is 4.57 Å². The molecule has 140 valence electrons. The highest BCUT2D eigenvalue weighted by molar-refractivity contribution is 6.12. The van der Waals surface area contributed by atoms with Crippen LogP contribution in [-0.2, 0) is 6.42 Å². The molecule has 0 spiro atoms. The molecule has 0 amide bonds. The normalized spacial score (nSPS) is 15.8. The van der Waals surface area contributed by atoms with Crippen LogP contribution in [0.2, 0.25) is 0 Å². The summed E-state index contributed by atoms with van der Waals surface area (Å²) in [6.45, 7) is 2.40. The average molecular weight is 373 g/mol. The third-order valence-electron chi connectivity index (χ3n) is 6.54. The zero-order chi connectivity index (χ0) is 19.4. The number of para-hydroxylation sites is 2. The molecule has 29 heavy (non-hydrogen) atoms. The second-order valence-corrected chi connectivity index (χ2v) is 8.21. The van der Waals surface area contributed by atoms with Crippen molar-refractivity contribution in [2.24, 2.45) is 0 Å². The Balaban J connectivity index is 1.82. The molecule has 1 aliphatic rings. The second-order valence-electron chi connectivity index (χ2n) is 8.21. The minimum Gasteiger partial charge on any atom is -0.309 e. The van der Waals surface area contributed by atoms with Crippen molar-refractivity contribution in [1.29, 1.82) is 0 Å². The van der Waals surface area contributed by atoms with Gasteiger partial charge in [0.25, 0.3) is 0 Å². The maximum absolute atomic E-state index is 2.48. The van der Waals surface area contributed by atoms with Gasteiger partial charge in [0.05, 0.1) is 11.0 Å². The van der Waals surface area contributed by atoms with Crippen LogP contribution in [0.5, 0.6) is 0 Å². The largest absolute Gasteiger partial charge is 0.309 e. The standard InChI is InChI=1S/C28H23N/c1-19-15-16-20-9-5-6-12-22(20)24-17-18-25-23-13-7-8-14-26(23)29(28(25)27(19)24)21-10-3-2-4-11-21/h2-14,17-19H,15-16H2,1H3. The maximum Gasteiger partial charge on any atom is 0.0581 e. The lowest BCUT2D eigenvalue weighted by Crippen LogP contribution is -2.01. The topological polar surface area (TPSA) is 4.93 Å². The van der Waals surface area contributed by atoms with E-state index in [2.05, 4.69) is 102 Å². The molecule has 1 heterocycles. The molecule has 0 aliphatic heterocycles. The molecular formula is C28H23N. The van der Waals surface area contributed by atoms with Gasteiger partial charge in [-0.2, -0.15) is 0 Å². The Morgan fingerprint density at radius 1 is 0.690 bits per heavy atom. The predicted molar refractivity (Wildman–Crippen MR) is 123 cm³/mol. The Labute approximate surface area is 171 Å². The monoisotopic (exact) mass is 373 g/mol. The first-order valence-corrected chi connectivity index (χ1v) is 10.5. The molecular weight excluding hydrogens is 350 g/mol. The van der Waals surface area contributed by atoms with Gasteiger partial charge in [0, 0.05) is 16.5 Å². The molecule has 0 saturated heterocycles. The Bertz CT molecular complexity index is 1360. The minimum absolute atomic E-state index is 0.507. The van der Waals surface area contributed by atoms with Gasteiger partial charge >= 0.3 is 0 Å². The molecule has 1 atom stereocenters. The Hall–Kier alpha value is -3.32. The van der Waals surface area contributed by atoms with Crippen molar-refractivity contribution in [2.75, 3.05) is 0 Å². The van der Waals surface area contributed by atoms with Crippen molar-refractivity contribution < 1.29 is 0 Å². The summed E-state index contributed by atoms with van der Waals surface area (Å²) in [7, 11) is 0. The molecule has 0 radical (unpaired) electrons. The average Bonchev–Trinajstić information content (AvgIpc) is 3.04. The van der Waals surface area contributed by atoms with E-state index in [9.17, 15) is 0 Å². The van der Waals surface area contributed by atoms with Crippen LogP contribution in [0.25, 0.3) is 38.6 Å². The van der Waals surface area contributed by atoms with E-state index >= 15 is 0 Å². The summed E-state index contributed by atoms with van der Waals surface area (Å²) >= 11 is 0. The lowest BCUT2D eigenvalue weighted by molar-refractivity contribution is 0.692. The summed E-state index contributed by atoms with van der Waals surface area (Å²) in [5.41, 5.74) is 9.66. The minimum atomic E-state index is 0.507. The summed E-state index contributed by atoms with van der Waals surface area (Å²) < 4.78 is 2.48. The lowest BCUT2D eigenvalue weighted by atomic mass is 9.90. The van der Waals surface area contributed by atoms with E-state index in [0.717, 1.165) is 6.42 Å². The van der Waals surface area contributed by atoms with Gasteiger partial charge in [-0.3, -0.25) is 0 Å². The first-order valence-electron chi connectivity index (χ1n) is 10.5. The van der Waals surface area contributed by atoms with Crippen molar-refractivity contribution in [1.82, 2.24) is 4.57 Å². The Morgan fingerprint density at radius 3 is 2.34 bits per heavy atom. The fourth-order valence-corrected chi connectivity index (χ4v) is 5.18. The van der Waals surface area contributed by atoms with Gasteiger partial charge in [-0.05, 0) is 59.2 Å². The predicted octanol–water partition coefficient (Wildman–Crippen LogP) is 7.50. The van der Waals surface area contributed by atoms with E-state index in [-0.39, 0.29) is 0 Å². The number of fused-ring (bicyclic) bond motifs is 7. The molecule has 0 saturated carbocycles. The van der Waals surface area contributed by atoms with Crippen LogP contribution >= 0.6 is 0 Å². The van der Waals surface area contributed by atoms with Crippen molar-refractivity contribution in [2.45, 2.75) is 25.7 Å². The van der Waals surface area contributed by atoms with Crippen LogP contribution in [0.4, 0.5) is 0 Å². The van der Waals surface area contributed by atoms with Crippen LogP contribution in [0.3, 0.4) is 0 Å². The summed E-state index contributed by atoms with van der Waals surface area (Å²) in [6, 6.07) is 33.3. The first kappa shape index (κ1) is 16.6. The zero-order valence-electron chi connectivity index (χ0n) is 16.6. The van der Waals surface area contributed by atoms with Gasteiger partial charge in [-0.25, -0.2) is 0 Å². The smallest absolute Gasteiger partial charge is 0.0581 e. The Kier molecular flexibility index (Phi) is 3.64. The number of hydrogen-bond acceptors (Lipinski definition) is 0. The summed E-state index contributed by atoms with van der Waals surface area (Å²) in [6.07, 6.45) is 2.32. The number of hydrogen-bond donors (Lipinski definition) is 0. The van der Waals surface area contributed by atoms with Crippen LogP contribution in [0, 0.1) is 0 Å². The van der Waals surface area contributed by atoms with E-state index in [1.165, 1.54) is 56.2 Å². The molecule has 1 nitrogen and oxygen atoms in total. The number of aromatic nitrogens is 1. The molecule has 1 heteroatoms. The molecule has 0 N–H and O–H groups in total. The molecule has 1 aliphatic carbocycles. The van der Waals surface area contributed by atoms with Gasteiger partial charge in [0.2, 0.25) is 0 Å². The van der Waals surface area contributed by atoms with Crippen molar-refractivity contribution >= 4 is 21.8 Å². The van der Waals surface area contributed by atoms with E-state index in [4.69, 9.17) is 0 Å². The molecule has 4 aromatic carbocycles. The van der Waals surface area contributed by atoms with Gasteiger partial charge in [0.15, 0.2) is 0 Å². The van der Waals surface area contributed by atoms with Gasteiger partial charge in [0.1, 0.15) is 0 Å². The third kappa shape index (κ3) is 2.40. The van der Waals surface area contributed by atoms with Crippen LogP contribution < -0.4 is 0 Å². The molecule has 6 rings (SSSR count). The lowest BCUT2D eigenvalue weighted by Gasteiger charge is -2.18. The first-order chi connectivity index (χ1) is 14.3. The van der Waals surface area contributed by atoms with E-state index in [1.807, 2.05) is 0 Å². The highest BCUT2D eigenvalue weighted by atomic mass is 15.0. The molecule has 1 aromatic heterocycles. The van der Waals surface area contributed by atoms with E-state index < -0.39 is 0 Å². The number of nitrogens with zero attached hydrogens (tertiary/aromatic N) is 1. The van der Waals surface area contributed by atoms with Crippen LogP contribution in [0.15, 0.2) is 91.0 Å². The number of rotatable bonds is 1. The summed E-state index contributed by atoms with van der Waals surface area (Å²) in [5, 5.41) is 2.69. The van der Waals surface area contributed by atoms with Gasteiger partial charge in [-0.1, -0.05) is 79.7 Å². The summed E-state index contributed by atoms with van der Waals surface area (Å²) in [4.78, 5) is 0. The maximum atomic E-state index is 2.48. The molecule has 0 bridgehead atoms. The van der Waals surface area contributed by atoms with Crippen molar-refractivity contribution in [3.63, 3.8) is 0 Å². The fourth-order valence-electron chi connectivity index (χ4n) is 5.18. The molecule has 1 unspecified atom stereocenters. The molecule has 5 aromatic rings. The number of benzene rings is 4. The Morgan fingerprint density at radius 2 is 1.45 bits per heavy atom. The zero-order valence-corrected chi connectivity index (χ0v) is 16.6. The quantitative estimate of drug-likeness (QED) is 0.287.